The van der Waals surface area contributed by atoms with E-state index in [1.165, 1.54) is 17.1 Å². The number of nitrogens with one attached hydrogen (secondary N) is 1. The van der Waals surface area contributed by atoms with Crippen molar-refractivity contribution in [2.24, 2.45) is 0 Å². The van der Waals surface area contributed by atoms with E-state index < -0.39 is 5.41 Å². The molecule has 1 N–H and O–H groups in total. The molecule has 2 aliphatic rings. The molecular formula is C23H27ClN2OS. The summed E-state index contributed by atoms with van der Waals surface area (Å²) in [7, 11) is 0. The van der Waals surface area contributed by atoms with Gasteiger partial charge in [-0.1, -0.05) is 42.3 Å². The number of thioether (sulfide) groups is 1. The Bertz CT molecular complexity index is 842. The summed E-state index contributed by atoms with van der Waals surface area (Å²) in [4.78, 5) is 15.7. The molecular weight excluding hydrogens is 388 g/mol. The van der Waals surface area contributed by atoms with E-state index in [0.29, 0.717) is 5.02 Å². The molecule has 0 spiro atoms. The lowest BCUT2D eigenvalue weighted by Gasteiger charge is -2.41. The molecule has 28 heavy (non-hydrogen) atoms. The number of carbonyl (C=O) groups excluding carboxylic acids is 1. The minimum atomic E-state index is -0.416. The molecule has 0 bridgehead atoms. The van der Waals surface area contributed by atoms with Crippen LogP contribution in [0.5, 0.6) is 0 Å². The van der Waals surface area contributed by atoms with E-state index in [1.54, 1.807) is 0 Å². The highest BCUT2D eigenvalue weighted by Crippen LogP contribution is 2.45. The highest BCUT2D eigenvalue weighted by molar-refractivity contribution is 7.99. The third kappa shape index (κ3) is 4.10. The van der Waals surface area contributed by atoms with Crippen LogP contribution in [-0.4, -0.2) is 35.4 Å². The van der Waals surface area contributed by atoms with Crippen molar-refractivity contribution in [2.45, 2.75) is 38.1 Å². The van der Waals surface area contributed by atoms with Gasteiger partial charge in [-0.2, -0.15) is 11.8 Å². The Morgan fingerprint density at radius 1 is 1.14 bits per heavy atom. The van der Waals surface area contributed by atoms with Crippen molar-refractivity contribution >= 4 is 35.0 Å². The Balaban J connectivity index is 1.47. The number of carbonyl (C=O) groups is 1. The third-order valence-corrected chi connectivity index (χ3v) is 7.28. The fraction of sp³-hybridized carbons (Fsp3) is 0.435. The number of amides is 1. The topological polar surface area (TPSA) is 32.3 Å². The third-order valence-electron chi connectivity index (χ3n) is 6.09. The fourth-order valence-electron chi connectivity index (χ4n) is 4.17. The maximum absolute atomic E-state index is 13.2. The Morgan fingerprint density at radius 2 is 1.86 bits per heavy atom. The van der Waals surface area contributed by atoms with E-state index in [2.05, 4.69) is 35.3 Å². The molecule has 1 aliphatic carbocycles. The van der Waals surface area contributed by atoms with Gasteiger partial charge in [0, 0.05) is 41.8 Å². The van der Waals surface area contributed by atoms with Gasteiger partial charge in [-0.15, -0.1) is 0 Å². The van der Waals surface area contributed by atoms with Crippen LogP contribution in [0.1, 0.15) is 36.0 Å². The van der Waals surface area contributed by atoms with Crippen LogP contribution in [0.2, 0.25) is 5.02 Å². The molecule has 1 heterocycles. The average Bonchev–Trinajstić information content (AvgIpc) is 2.65. The maximum atomic E-state index is 13.2. The number of hydrogen-bond acceptors (Lipinski definition) is 3. The van der Waals surface area contributed by atoms with Crippen LogP contribution >= 0.6 is 23.4 Å². The molecule has 1 saturated heterocycles. The molecule has 5 heteroatoms. The first-order chi connectivity index (χ1) is 13.6. The van der Waals surface area contributed by atoms with Gasteiger partial charge < -0.3 is 5.32 Å². The summed E-state index contributed by atoms with van der Waals surface area (Å²) in [6, 6.07) is 14.2. The van der Waals surface area contributed by atoms with Crippen LogP contribution in [0.3, 0.4) is 0 Å². The van der Waals surface area contributed by atoms with E-state index in [0.717, 1.165) is 55.7 Å². The smallest absolute Gasteiger partial charge is 0.235 e. The van der Waals surface area contributed by atoms with Crippen molar-refractivity contribution in [3.63, 3.8) is 0 Å². The fourth-order valence-corrected chi connectivity index (χ4v) is 5.27. The lowest BCUT2D eigenvalue weighted by atomic mass is 9.64. The standard InChI is InChI=1S/C23H27ClN2OS/c1-17-15-18(16-26-11-13-28-14-12-26)3-8-21(17)25-22(27)23(9-2-10-23)19-4-6-20(24)7-5-19/h3-8,15H,2,9-14,16H2,1H3,(H,25,27). The second-order valence-electron chi connectivity index (χ2n) is 7.93. The number of anilines is 1. The molecule has 0 atom stereocenters. The maximum Gasteiger partial charge on any atom is 0.235 e. The van der Waals surface area contributed by atoms with Gasteiger partial charge in [0.15, 0.2) is 0 Å². The normalized spacial score (nSPS) is 19.1. The van der Waals surface area contributed by atoms with E-state index >= 15 is 0 Å². The summed E-state index contributed by atoms with van der Waals surface area (Å²) >= 11 is 8.07. The molecule has 0 aromatic heterocycles. The molecule has 3 nitrogen and oxygen atoms in total. The van der Waals surface area contributed by atoms with Gasteiger partial charge in [0.1, 0.15) is 0 Å². The molecule has 2 aromatic rings. The second-order valence-corrected chi connectivity index (χ2v) is 9.60. The number of benzene rings is 2. The Kier molecular flexibility index (Phi) is 6.00. The monoisotopic (exact) mass is 414 g/mol. The van der Waals surface area contributed by atoms with E-state index in [-0.39, 0.29) is 5.91 Å². The Morgan fingerprint density at radius 3 is 2.46 bits per heavy atom. The number of nitrogens with zero attached hydrogens (tertiary/aromatic N) is 1. The number of hydrogen-bond donors (Lipinski definition) is 1. The first kappa shape index (κ1) is 19.8. The van der Waals surface area contributed by atoms with Gasteiger partial charge in [-0.25, -0.2) is 0 Å². The minimum Gasteiger partial charge on any atom is -0.325 e. The second kappa shape index (κ2) is 8.48. The zero-order valence-electron chi connectivity index (χ0n) is 16.3. The number of halogens is 1. The first-order valence-electron chi connectivity index (χ1n) is 10.0. The Hall–Kier alpha value is -1.49. The summed E-state index contributed by atoms with van der Waals surface area (Å²) in [6.45, 7) is 5.39. The van der Waals surface area contributed by atoms with Crippen molar-refractivity contribution in [2.75, 3.05) is 29.9 Å². The van der Waals surface area contributed by atoms with Gasteiger partial charge >= 0.3 is 0 Å². The van der Waals surface area contributed by atoms with E-state index in [1.807, 2.05) is 36.0 Å². The van der Waals surface area contributed by atoms with Crippen LogP contribution in [0.4, 0.5) is 5.69 Å². The molecule has 0 radical (unpaired) electrons. The van der Waals surface area contributed by atoms with Gasteiger partial charge in [-0.05, 0) is 54.7 Å². The molecule has 1 amide bonds. The first-order valence-corrected chi connectivity index (χ1v) is 11.6. The molecule has 0 unspecified atom stereocenters. The predicted molar refractivity (Wildman–Crippen MR) is 119 cm³/mol. The molecule has 1 saturated carbocycles. The van der Waals surface area contributed by atoms with Crippen LogP contribution in [-0.2, 0) is 16.8 Å². The quantitative estimate of drug-likeness (QED) is 0.724. The average molecular weight is 415 g/mol. The molecule has 2 aromatic carbocycles. The minimum absolute atomic E-state index is 0.102. The van der Waals surface area contributed by atoms with Crippen molar-refractivity contribution in [1.29, 1.82) is 0 Å². The zero-order valence-corrected chi connectivity index (χ0v) is 17.9. The summed E-state index contributed by atoms with van der Waals surface area (Å²) < 4.78 is 0. The predicted octanol–water partition coefficient (Wildman–Crippen LogP) is 5.26. The van der Waals surface area contributed by atoms with Crippen molar-refractivity contribution < 1.29 is 4.79 Å². The van der Waals surface area contributed by atoms with Gasteiger partial charge in [0.25, 0.3) is 0 Å². The zero-order chi connectivity index (χ0) is 19.6. The van der Waals surface area contributed by atoms with Crippen molar-refractivity contribution in [3.8, 4) is 0 Å². The summed E-state index contributed by atoms with van der Waals surface area (Å²) in [5.41, 5.74) is 4.02. The van der Waals surface area contributed by atoms with E-state index in [9.17, 15) is 4.79 Å². The van der Waals surface area contributed by atoms with Gasteiger partial charge in [-0.3, -0.25) is 9.69 Å². The van der Waals surface area contributed by atoms with Crippen LogP contribution in [0.15, 0.2) is 42.5 Å². The van der Waals surface area contributed by atoms with E-state index in [4.69, 9.17) is 11.6 Å². The largest absolute Gasteiger partial charge is 0.325 e. The summed E-state index contributed by atoms with van der Waals surface area (Å²) in [5.74, 6) is 2.55. The lowest BCUT2D eigenvalue weighted by Crippen LogP contribution is -2.46. The highest BCUT2D eigenvalue weighted by atomic mass is 35.5. The van der Waals surface area contributed by atoms with Gasteiger partial charge in [0.2, 0.25) is 5.91 Å². The van der Waals surface area contributed by atoms with Crippen molar-refractivity contribution in [3.05, 3.63) is 64.2 Å². The SMILES string of the molecule is Cc1cc(CN2CCSCC2)ccc1NC(=O)C1(c2ccc(Cl)cc2)CCC1. The van der Waals surface area contributed by atoms with Crippen molar-refractivity contribution in [1.82, 2.24) is 4.90 Å². The molecule has 2 fully saturated rings. The highest BCUT2D eigenvalue weighted by Gasteiger charge is 2.45. The number of aryl methyl sites for hydroxylation is 1. The summed E-state index contributed by atoms with van der Waals surface area (Å²) in [5, 5.41) is 3.91. The van der Waals surface area contributed by atoms with Crippen LogP contribution in [0, 0.1) is 6.92 Å². The van der Waals surface area contributed by atoms with Crippen LogP contribution in [0.25, 0.3) is 0 Å². The summed E-state index contributed by atoms with van der Waals surface area (Å²) in [6.07, 6.45) is 2.87. The Labute approximate surface area is 176 Å². The molecule has 1 aliphatic heterocycles. The number of rotatable bonds is 5. The molecule has 148 valence electrons. The lowest BCUT2D eigenvalue weighted by molar-refractivity contribution is -0.124. The molecule has 4 rings (SSSR count). The van der Waals surface area contributed by atoms with Crippen LogP contribution < -0.4 is 5.32 Å². The van der Waals surface area contributed by atoms with Gasteiger partial charge in [0.05, 0.1) is 5.41 Å².